The first-order chi connectivity index (χ1) is 12.1. The van der Waals surface area contributed by atoms with Crippen LogP contribution in [0.4, 0.5) is 0 Å². The van der Waals surface area contributed by atoms with Gasteiger partial charge in [0.05, 0.1) is 0 Å². The summed E-state index contributed by atoms with van der Waals surface area (Å²) >= 11 is 0. The summed E-state index contributed by atoms with van der Waals surface area (Å²) in [6.45, 7) is 3.84. The number of aromatic hydroxyl groups is 2. The largest absolute Gasteiger partial charge is 0.504 e. The van der Waals surface area contributed by atoms with Crippen molar-refractivity contribution in [1.82, 2.24) is 0 Å². The normalized spacial score (nSPS) is 10.9. The highest BCUT2D eigenvalue weighted by Gasteiger charge is 2.18. The van der Waals surface area contributed by atoms with Crippen molar-refractivity contribution in [2.24, 2.45) is 0 Å². The van der Waals surface area contributed by atoms with Crippen molar-refractivity contribution >= 4 is 5.97 Å². The number of rotatable bonds is 14. The summed E-state index contributed by atoms with van der Waals surface area (Å²) in [6.07, 6.45) is 10.7. The average Bonchev–Trinajstić information content (AvgIpc) is 2.58. The smallest absolute Gasteiger partial charge is 0.339 e. The highest BCUT2D eigenvalue weighted by Crippen LogP contribution is 2.32. The van der Waals surface area contributed by atoms with Crippen molar-refractivity contribution in [3.05, 3.63) is 23.3 Å². The first-order valence-corrected chi connectivity index (χ1v) is 9.42. The summed E-state index contributed by atoms with van der Waals surface area (Å²) in [5.74, 6) is -2.15. The maximum Gasteiger partial charge on any atom is 0.339 e. The SMILES string of the molecule is CCCCCCCOCCCCCCc1ccc(O)c(O)c1C(=O)O. The second kappa shape index (κ2) is 12.6. The van der Waals surface area contributed by atoms with E-state index in [2.05, 4.69) is 6.92 Å². The molecule has 1 aromatic carbocycles. The van der Waals surface area contributed by atoms with E-state index in [9.17, 15) is 20.1 Å². The molecule has 1 rings (SSSR count). The van der Waals surface area contributed by atoms with Crippen molar-refractivity contribution in [2.75, 3.05) is 13.2 Å². The van der Waals surface area contributed by atoms with Crippen LogP contribution in [0.3, 0.4) is 0 Å². The molecule has 0 fully saturated rings. The molecule has 0 aliphatic rings. The number of hydrogen-bond acceptors (Lipinski definition) is 4. The minimum absolute atomic E-state index is 0.189. The maximum atomic E-state index is 11.2. The first-order valence-electron chi connectivity index (χ1n) is 9.42. The maximum absolute atomic E-state index is 11.2. The molecule has 0 radical (unpaired) electrons. The number of hydrogen-bond donors (Lipinski definition) is 3. The van der Waals surface area contributed by atoms with Gasteiger partial charge >= 0.3 is 5.97 Å². The standard InChI is InChI=1S/C20H32O5/c1-2-3-4-6-9-14-25-15-10-7-5-8-11-16-12-13-17(21)19(22)18(16)20(23)24/h12-13,21-22H,2-11,14-15H2,1H3,(H,23,24). The predicted molar refractivity (Wildman–Crippen MR) is 98.5 cm³/mol. The van der Waals surface area contributed by atoms with Gasteiger partial charge in [-0.2, -0.15) is 0 Å². The van der Waals surface area contributed by atoms with Crippen molar-refractivity contribution in [3.63, 3.8) is 0 Å². The zero-order valence-corrected chi connectivity index (χ0v) is 15.3. The van der Waals surface area contributed by atoms with E-state index in [0.717, 1.165) is 45.3 Å². The molecule has 0 unspecified atom stereocenters. The molecule has 0 aromatic heterocycles. The molecule has 0 aliphatic carbocycles. The zero-order valence-electron chi connectivity index (χ0n) is 15.3. The third-order valence-corrected chi connectivity index (χ3v) is 4.33. The van der Waals surface area contributed by atoms with Crippen LogP contribution in [0.15, 0.2) is 12.1 Å². The Labute approximate surface area is 150 Å². The number of benzene rings is 1. The fourth-order valence-electron chi connectivity index (χ4n) is 2.85. The second-order valence-electron chi connectivity index (χ2n) is 6.46. The summed E-state index contributed by atoms with van der Waals surface area (Å²) in [5, 5.41) is 28.3. The number of carboxylic acids is 1. The molecule has 0 heterocycles. The van der Waals surface area contributed by atoms with E-state index >= 15 is 0 Å². The molecule has 0 saturated carbocycles. The third kappa shape index (κ3) is 8.25. The zero-order chi connectivity index (χ0) is 18.5. The lowest BCUT2D eigenvalue weighted by Gasteiger charge is -2.09. The first kappa shape index (κ1) is 21.3. The Morgan fingerprint density at radius 2 is 1.52 bits per heavy atom. The fraction of sp³-hybridized carbons (Fsp3) is 0.650. The van der Waals surface area contributed by atoms with Gasteiger partial charge in [-0.1, -0.05) is 51.5 Å². The summed E-state index contributed by atoms with van der Waals surface area (Å²) < 4.78 is 5.62. The molecule has 3 N–H and O–H groups in total. The van der Waals surface area contributed by atoms with Crippen LogP contribution in [-0.4, -0.2) is 34.5 Å². The van der Waals surface area contributed by atoms with E-state index in [-0.39, 0.29) is 5.56 Å². The van der Waals surface area contributed by atoms with Crippen molar-refractivity contribution in [2.45, 2.75) is 71.1 Å². The van der Waals surface area contributed by atoms with Gasteiger partial charge in [-0.3, -0.25) is 0 Å². The van der Waals surface area contributed by atoms with Gasteiger partial charge in [-0.05, 0) is 37.3 Å². The number of phenols is 2. The lowest BCUT2D eigenvalue weighted by Crippen LogP contribution is -2.03. The van der Waals surface area contributed by atoms with Crippen LogP contribution in [0.5, 0.6) is 11.5 Å². The highest BCUT2D eigenvalue weighted by atomic mass is 16.5. The van der Waals surface area contributed by atoms with Gasteiger partial charge in [-0.25, -0.2) is 4.79 Å². The minimum atomic E-state index is -1.21. The molecule has 0 bridgehead atoms. The van der Waals surface area contributed by atoms with Gasteiger partial charge in [0.25, 0.3) is 0 Å². The summed E-state index contributed by atoms with van der Waals surface area (Å²) in [5.41, 5.74) is 0.373. The average molecular weight is 352 g/mol. The van der Waals surface area contributed by atoms with Gasteiger partial charge in [0.2, 0.25) is 0 Å². The van der Waals surface area contributed by atoms with Crippen LogP contribution in [0.25, 0.3) is 0 Å². The predicted octanol–water partition coefficient (Wildman–Crippen LogP) is 4.89. The lowest BCUT2D eigenvalue weighted by molar-refractivity contribution is 0.0691. The number of aromatic carboxylic acids is 1. The van der Waals surface area contributed by atoms with Gasteiger partial charge < -0.3 is 20.1 Å². The molecule has 142 valence electrons. The van der Waals surface area contributed by atoms with Crippen LogP contribution in [0, 0.1) is 0 Å². The topological polar surface area (TPSA) is 87.0 Å². The van der Waals surface area contributed by atoms with E-state index in [0.29, 0.717) is 12.0 Å². The minimum Gasteiger partial charge on any atom is -0.504 e. The fourth-order valence-corrected chi connectivity index (χ4v) is 2.85. The van der Waals surface area contributed by atoms with E-state index < -0.39 is 17.5 Å². The molecule has 0 amide bonds. The molecule has 1 aromatic rings. The number of carboxylic acid groups (broad SMARTS) is 1. The van der Waals surface area contributed by atoms with Gasteiger partial charge in [-0.15, -0.1) is 0 Å². The van der Waals surface area contributed by atoms with Gasteiger partial charge in [0.15, 0.2) is 11.5 Å². The number of ether oxygens (including phenoxy) is 1. The Balaban J connectivity index is 2.13. The van der Waals surface area contributed by atoms with E-state index in [1.165, 1.54) is 31.7 Å². The highest BCUT2D eigenvalue weighted by molar-refractivity contribution is 5.93. The van der Waals surface area contributed by atoms with Crippen molar-refractivity contribution < 1.29 is 24.9 Å². The molecule has 0 aliphatic heterocycles. The molecule has 5 nitrogen and oxygen atoms in total. The molecule has 25 heavy (non-hydrogen) atoms. The molecular weight excluding hydrogens is 320 g/mol. The summed E-state index contributed by atoms with van der Waals surface area (Å²) in [4.78, 5) is 11.2. The monoisotopic (exact) mass is 352 g/mol. The van der Waals surface area contributed by atoms with E-state index in [1.807, 2.05) is 0 Å². The second-order valence-corrected chi connectivity index (χ2v) is 6.46. The van der Waals surface area contributed by atoms with Crippen LogP contribution in [-0.2, 0) is 11.2 Å². The quantitative estimate of drug-likeness (QED) is 0.328. The molecule has 5 heteroatoms. The van der Waals surface area contributed by atoms with E-state index in [1.54, 1.807) is 6.07 Å². The Kier molecular flexibility index (Phi) is 10.7. The number of unbranched alkanes of at least 4 members (excludes halogenated alkanes) is 7. The molecule has 0 spiro atoms. The Morgan fingerprint density at radius 1 is 0.920 bits per heavy atom. The molecular formula is C20H32O5. The number of aryl methyl sites for hydroxylation is 1. The van der Waals surface area contributed by atoms with E-state index in [4.69, 9.17) is 4.74 Å². The Bertz CT molecular complexity index is 513. The van der Waals surface area contributed by atoms with Crippen LogP contribution in [0.2, 0.25) is 0 Å². The number of phenolic OH excluding ortho intramolecular Hbond substituents is 1. The Hall–Kier alpha value is -1.75. The van der Waals surface area contributed by atoms with Crippen LogP contribution < -0.4 is 0 Å². The number of carbonyl (C=O) groups is 1. The molecule has 0 saturated heterocycles. The van der Waals surface area contributed by atoms with Crippen LogP contribution >= 0.6 is 0 Å². The van der Waals surface area contributed by atoms with Crippen LogP contribution in [0.1, 0.15) is 80.6 Å². The summed E-state index contributed by atoms with van der Waals surface area (Å²) in [7, 11) is 0. The van der Waals surface area contributed by atoms with Gasteiger partial charge in [0.1, 0.15) is 5.56 Å². The van der Waals surface area contributed by atoms with Gasteiger partial charge in [0, 0.05) is 13.2 Å². The van der Waals surface area contributed by atoms with Crippen molar-refractivity contribution in [3.8, 4) is 11.5 Å². The summed E-state index contributed by atoms with van der Waals surface area (Å²) in [6, 6.07) is 2.91. The Morgan fingerprint density at radius 3 is 2.12 bits per heavy atom. The molecule has 0 atom stereocenters. The van der Waals surface area contributed by atoms with Crippen molar-refractivity contribution in [1.29, 1.82) is 0 Å². The third-order valence-electron chi connectivity index (χ3n) is 4.33. The lowest BCUT2D eigenvalue weighted by atomic mass is 9.99.